The molecule has 4 heteroatoms. The molecule has 98 valence electrons. The monoisotopic (exact) mass is 254 g/mol. The minimum absolute atomic E-state index is 0.758. The summed E-state index contributed by atoms with van der Waals surface area (Å²) >= 11 is 0. The van der Waals surface area contributed by atoms with E-state index < -0.39 is 0 Å². The Morgan fingerprint density at radius 2 is 2.26 bits per heavy atom. The number of hydrogen-bond donors (Lipinski definition) is 1. The zero-order valence-electron chi connectivity index (χ0n) is 11.2. The van der Waals surface area contributed by atoms with Gasteiger partial charge in [-0.05, 0) is 36.6 Å². The molecule has 0 saturated carbocycles. The lowest BCUT2D eigenvalue weighted by atomic mass is 10.0. The summed E-state index contributed by atoms with van der Waals surface area (Å²) in [6.45, 7) is 4.06. The Bertz CT molecular complexity index is 549. The first-order valence-electron chi connectivity index (χ1n) is 6.84. The van der Waals surface area contributed by atoms with Gasteiger partial charge in [0.1, 0.15) is 5.82 Å². The Hall–Kier alpha value is -1.81. The maximum absolute atomic E-state index is 4.73. The van der Waals surface area contributed by atoms with E-state index in [-0.39, 0.29) is 0 Å². The van der Waals surface area contributed by atoms with Crippen LogP contribution in [0.5, 0.6) is 0 Å². The fraction of sp³-hybridized carbons (Fsp3) is 0.400. The predicted octanol–water partition coefficient (Wildman–Crippen LogP) is 1.67. The molecule has 0 aliphatic carbocycles. The fourth-order valence-electron chi connectivity index (χ4n) is 2.55. The second kappa shape index (κ2) is 5.45. The molecule has 2 aromatic heterocycles. The summed E-state index contributed by atoms with van der Waals surface area (Å²) in [4.78, 5) is 13.6. The smallest absolute Gasteiger partial charge is 0.133 e. The lowest BCUT2D eigenvalue weighted by Crippen LogP contribution is -2.27. The Morgan fingerprint density at radius 3 is 3.05 bits per heavy atom. The van der Waals surface area contributed by atoms with E-state index in [2.05, 4.69) is 23.3 Å². The minimum atomic E-state index is 0.758. The molecule has 0 aromatic carbocycles. The van der Waals surface area contributed by atoms with E-state index in [1.807, 2.05) is 12.3 Å². The number of nitrogens with zero attached hydrogens (tertiary/aromatic N) is 3. The van der Waals surface area contributed by atoms with Crippen molar-refractivity contribution in [1.29, 1.82) is 0 Å². The van der Waals surface area contributed by atoms with Crippen molar-refractivity contribution in [3.8, 4) is 0 Å². The molecule has 0 saturated heterocycles. The fourth-order valence-corrected chi connectivity index (χ4v) is 2.55. The number of pyridine rings is 1. The van der Waals surface area contributed by atoms with Gasteiger partial charge in [-0.25, -0.2) is 9.97 Å². The molecule has 3 rings (SSSR count). The molecule has 1 aliphatic heterocycles. The zero-order valence-corrected chi connectivity index (χ0v) is 11.2. The number of fused-ring (bicyclic) bond motifs is 1. The molecule has 0 radical (unpaired) electrons. The van der Waals surface area contributed by atoms with Gasteiger partial charge in [0.2, 0.25) is 0 Å². The normalized spacial score (nSPS) is 14.2. The van der Waals surface area contributed by atoms with Gasteiger partial charge in [-0.3, -0.25) is 4.98 Å². The summed E-state index contributed by atoms with van der Waals surface area (Å²) in [6.07, 6.45) is 6.45. The third-order valence-electron chi connectivity index (χ3n) is 3.49. The highest BCUT2D eigenvalue weighted by molar-refractivity contribution is 5.29. The van der Waals surface area contributed by atoms with E-state index in [1.54, 1.807) is 6.20 Å². The first-order chi connectivity index (χ1) is 9.36. The highest BCUT2D eigenvalue weighted by atomic mass is 15.0. The van der Waals surface area contributed by atoms with Crippen LogP contribution in [0.2, 0.25) is 0 Å². The molecule has 0 fully saturated rings. The Kier molecular flexibility index (Phi) is 3.51. The number of aryl methyl sites for hydroxylation is 1. The lowest BCUT2D eigenvalue weighted by Gasteiger charge is -2.19. The molecule has 1 aliphatic rings. The van der Waals surface area contributed by atoms with Crippen LogP contribution in [0.25, 0.3) is 0 Å². The van der Waals surface area contributed by atoms with E-state index in [0.29, 0.717) is 0 Å². The van der Waals surface area contributed by atoms with Crippen molar-refractivity contribution in [3.63, 3.8) is 0 Å². The maximum atomic E-state index is 4.73. The van der Waals surface area contributed by atoms with Crippen molar-refractivity contribution in [2.24, 2.45) is 0 Å². The Balaban J connectivity index is 1.94. The summed E-state index contributed by atoms with van der Waals surface area (Å²) in [5.74, 6) is 0.910. The van der Waals surface area contributed by atoms with E-state index in [1.165, 1.54) is 17.0 Å². The van der Waals surface area contributed by atoms with Gasteiger partial charge < -0.3 is 5.32 Å². The van der Waals surface area contributed by atoms with Crippen molar-refractivity contribution in [3.05, 3.63) is 52.9 Å². The van der Waals surface area contributed by atoms with Crippen LogP contribution in [0.3, 0.4) is 0 Å². The van der Waals surface area contributed by atoms with Gasteiger partial charge in [0.05, 0.1) is 5.69 Å². The third kappa shape index (κ3) is 2.63. The SMILES string of the molecule is CCc1nc(Cc2cccnc2)nc2c1CCNC2. The molecule has 2 aromatic rings. The second-order valence-corrected chi connectivity index (χ2v) is 4.83. The average Bonchev–Trinajstić information content (AvgIpc) is 2.47. The topological polar surface area (TPSA) is 50.7 Å². The van der Waals surface area contributed by atoms with Crippen LogP contribution in [0.4, 0.5) is 0 Å². The zero-order chi connectivity index (χ0) is 13.1. The molecule has 0 spiro atoms. The molecule has 0 amide bonds. The number of rotatable bonds is 3. The van der Waals surface area contributed by atoms with Gasteiger partial charge in [0, 0.05) is 31.1 Å². The predicted molar refractivity (Wildman–Crippen MR) is 73.9 cm³/mol. The summed E-state index contributed by atoms with van der Waals surface area (Å²) in [6, 6.07) is 4.02. The van der Waals surface area contributed by atoms with Gasteiger partial charge in [-0.15, -0.1) is 0 Å². The van der Waals surface area contributed by atoms with Gasteiger partial charge in [-0.1, -0.05) is 13.0 Å². The van der Waals surface area contributed by atoms with E-state index in [4.69, 9.17) is 9.97 Å². The molecule has 0 atom stereocenters. The molecule has 0 unspecified atom stereocenters. The summed E-state index contributed by atoms with van der Waals surface area (Å²) in [7, 11) is 0. The van der Waals surface area contributed by atoms with Gasteiger partial charge in [0.25, 0.3) is 0 Å². The standard InChI is InChI=1S/C15H18N4/c1-2-13-12-5-7-17-10-14(12)19-15(18-13)8-11-4-3-6-16-9-11/h3-4,6,9,17H,2,5,7-8,10H2,1H3. The van der Waals surface area contributed by atoms with Gasteiger partial charge >= 0.3 is 0 Å². The Morgan fingerprint density at radius 1 is 1.32 bits per heavy atom. The largest absolute Gasteiger partial charge is 0.311 e. The number of aromatic nitrogens is 3. The maximum Gasteiger partial charge on any atom is 0.133 e. The van der Waals surface area contributed by atoms with Crippen LogP contribution >= 0.6 is 0 Å². The Labute approximate surface area is 113 Å². The molecular formula is C15H18N4. The summed E-state index contributed by atoms with van der Waals surface area (Å²) in [5, 5.41) is 3.38. The molecular weight excluding hydrogens is 236 g/mol. The van der Waals surface area contributed by atoms with Crippen LogP contribution in [-0.2, 0) is 25.8 Å². The third-order valence-corrected chi connectivity index (χ3v) is 3.49. The van der Waals surface area contributed by atoms with Crippen molar-refractivity contribution in [2.75, 3.05) is 6.54 Å². The lowest BCUT2D eigenvalue weighted by molar-refractivity contribution is 0.610. The molecule has 4 nitrogen and oxygen atoms in total. The molecule has 0 bridgehead atoms. The van der Waals surface area contributed by atoms with Crippen LogP contribution < -0.4 is 5.32 Å². The van der Waals surface area contributed by atoms with Crippen molar-refractivity contribution >= 4 is 0 Å². The highest BCUT2D eigenvalue weighted by Crippen LogP contribution is 2.17. The summed E-state index contributed by atoms with van der Waals surface area (Å²) in [5.41, 5.74) is 4.91. The highest BCUT2D eigenvalue weighted by Gasteiger charge is 2.16. The molecule has 3 heterocycles. The summed E-state index contributed by atoms with van der Waals surface area (Å²) < 4.78 is 0. The first kappa shape index (κ1) is 12.2. The molecule has 1 N–H and O–H groups in total. The van der Waals surface area contributed by atoms with Crippen LogP contribution in [0.1, 0.15) is 35.3 Å². The van der Waals surface area contributed by atoms with Gasteiger partial charge in [-0.2, -0.15) is 0 Å². The van der Waals surface area contributed by atoms with Crippen LogP contribution in [0, 0.1) is 0 Å². The van der Waals surface area contributed by atoms with E-state index in [0.717, 1.165) is 43.7 Å². The van der Waals surface area contributed by atoms with E-state index >= 15 is 0 Å². The first-order valence-corrected chi connectivity index (χ1v) is 6.84. The minimum Gasteiger partial charge on any atom is -0.311 e. The second-order valence-electron chi connectivity index (χ2n) is 4.83. The van der Waals surface area contributed by atoms with Crippen molar-refractivity contribution < 1.29 is 0 Å². The quantitative estimate of drug-likeness (QED) is 0.905. The molecule has 19 heavy (non-hydrogen) atoms. The van der Waals surface area contributed by atoms with Crippen molar-refractivity contribution in [1.82, 2.24) is 20.3 Å². The van der Waals surface area contributed by atoms with Crippen LogP contribution in [0.15, 0.2) is 24.5 Å². The van der Waals surface area contributed by atoms with Crippen molar-refractivity contribution in [2.45, 2.75) is 32.7 Å². The van der Waals surface area contributed by atoms with E-state index in [9.17, 15) is 0 Å². The number of hydrogen-bond acceptors (Lipinski definition) is 4. The number of nitrogens with one attached hydrogen (secondary N) is 1. The average molecular weight is 254 g/mol. The van der Waals surface area contributed by atoms with Gasteiger partial charge in [0.15, 0.2) is 0 Å². The van der Waals surface area contributed by atoms with Crippen LogP contribution in [-0.4, -0.2) is 21.5 Å².